The molecule has 25 heavy (non-hydrogen) atoms. The van der Waals surface area contributed by atoms with Gasteiger partial charge in [0.05, 0.1) is 11.1 Å². The van der Waals surface area contributed by atoms with Gasteiger partial charge in [0.15, 0.2) is 0 Å². The van der Waals surface area contributed by atoms with Crippen molar-refractivity contribution < 1.29 is 13.2 Å². The smallest absolute Gasteiger partial charge is 0.251 e. The van der Waals surface area contributed by atoms with Gasteiger partial charge in [-0.05, 0) is 55.7 Å². The Morgan fingerprint density at radius 2 is 1.92 bits per heavy atom. The molecule has 0 bridgehead atoms. The summed E-state index contributed by atoms with van der Waals surface area (Å²) in [5.74, 6) is -0.371. The number of carbonyl (C=O) groups is 1. The number of nitrogens with one attached hydrogen (secondary N) is 2. The zero-order chi connectivity index (χ0) is 18.0. The van der Waals surface area contributed by atoms with Gasteiger partial charge in [-0.25, -0.2) is 13.1 Å². The van der Waals surface area contributed by atoms with Crippen LogP contribution in [0, 0.1) is 0 Å². The molecule has 0 radical (unpaired) electrons. The van der Waals surface area contributed by atoms with Crippen LogP contribution in [0.15, 0.2) is 47.6 Å². The fourth-order valence-electron chi connectivity index (χ4n) is 2.35. The average molecular weight is 380 g/mol. The molecule has 1 unspecified atom stereocenters. The molecule has 2 aromatic rings. The summed E-state index contributed by atoms with van der Waals surface area (Å²) in [4.78, 5) is 16.3. The highest BCUT2D eigenvalue weighted by atomic mass is 35.5. The number of carbonyl (C=O) groups excluding carboxylic acids is 1. The molecular formula is C17H18ClN3O3S. The van der Waals surface area contributed by atoms with E-state index in [4.69, 9.17) is 11.6 Å². The molecule has 2 N–H and O–H groups in total. The first-order valence-electron chi connectivity index (χ1n) is 7.89. The van der Waals surface area contributed by atoms with Crippen LogP contribution in [0.5, 0.6) is 0 Å². The second-order valence-electron chi connectivity index (χ2n) is 6.02. The SMILES string of the molecule is CC(NC(=O)c1ccc(Cl)c(S(=O)(=O)NC2CC2)c1)c1ccncc1. The van der Waals surface area contributed by atoms with Crippen LogP contribution in [0.1, 0.15) is 41.7 Å². The minimum Gasteiger partial charge on any atom is -0.346 e. The Hall–Kier alpha value is -1.96. The Morgan fingerprint density at radius 1 is 1.24 bits per heavy atom. The molecule has 0 spiro atoms. The Labute approximate surface area is 151 Å². The highest BCUT2D eigenvalue weighted by Gasteiger charge is 2.29. The lowest BCUT2D eigenvalue weighted by atomic mass is 10.1. The number of amides is 1. The first-order chi connectivity index (χ1) is 11.9. The molecule has 1 aromatic heterocycles. The third-order valence-corrected chi connectivity index (χ3v) is 5.94. The van der Waals surface area contributed by atoms with E-state index < -0.39 is 10.0 Å². The van der Waals surface area contributed by atoms with Gasteiger partial charge in [0.1, 0.15) is 4.90 Å². The summed E-state index contributed by atoms with van der Waals surface area (Å²) in [6.45, 7) is 1.84. The summed E-state index contributed by atoms with van der Waals surface area (Å²) in [5, 5.41) is 2.93. The van der Waals surface area contributed by atoms with Crippen molar-refractivity contribution in [1.82, 2.24) is 15.0 Å². The third kappa shape index (κ3) is 4.36. The topological polar surface area (TPSA) is 88.2 Å². The van der Waals surface area contributed by atoms with Gasteiger partial charge in [-0.15, -0.1) is 0 Å². The van der Waals surface area contributed by atoms with Crippen molar-refractivity contribution in [3.05, 3.63) is 58.9 Å². The van der Waals surface area contributed by atoms with E-state index in [2.05, 4.69) is 15.0 Å². The molecule has 132 valence electrons. The van der Waals surface area contributed by atoms with Crippen LogP contribution >= 0.6 is 11.6 Å². The normalized spacial score (nSPS) is 15.6. The van der Waals surface area contributed by atoms with Crippen molar-refractivity contribution in [1.29, 1.82) is 0 Å². The van der Waals surface area contributed by atoms with Gasteiger partial charge in [0, 0.05) is 24.0 Å². The van der Waals surface area contributed by atoms with Crippen LogP contribution in [0.3, 0.4) is 0 Å². The van der Waals surface area contributed by atoms with Crippen LogP contribution in [0.2, 0.25) is 5.02 Å². The van der Waals surface area contributed by atoms with Crippen molar-refractivity contribution in [2.24, 2.45) is 0 Å². The van der Waals surface area contributed by atoms with E-state index in [-0.39, 0.29) is 33.5 Å². The van der Waals surface area contributed by atoms with Crippen LogP contribution in [0.4, 0.5) is 0 Å². The number of pyridine rings is 1. The number of nitrogens with zero attached hydrogens (tertiary/aromatic N) is 1. The molecule has 1 saturated carbocycles. The van der Waals surface area contributed by atoms with Gasteiger partial charge < -0.3 is 5.32 Å². The van der Waals surface area contributed by atoms with E-state index in [1.807, 2.05) is 19.1 Å². The number of halogens is 1. The van der Waals surface area contributed by atoms with Gasteiger partial charge in [-0.2, -0.15) is 0 Å². The molecule has 1 amide bonds. The van der Waals surface area contributed by atoms with Crippen molar-refractivity contribution in [3.8, 4) is 0 Å². The summed E-state index contributed by atoms with van der Waals surface area (Å²) in [5.41, 5.74) is 1.14. The maximum absolute atomic E-state index is 12.5. The van der Waals surface area contributed by atoms with Gasteiger partial charge >= 0.3 is 0 Å². The van der Waals surface area contributed by atoms with Gasteiger partial charge in [-0.1, -0.05) is 11.6 Å². The zero-order valence-electron chi connectivity index (χ0n) is 13.6. The van der Waals surface area contributed by atoms with E-state index in [0.717, 1.165) is 18.4 Å². The first-order valence-corrected chi connectivity index (χ1v) is 9.75. The molecule has 0 saturated heterocycles. The van der Waals surface area contributed by atoms with E-state index in [1.165, 1.54) is 18.2 Å². The van der Waals surface area contributed by atoms with Crippen LogP contribution in [-0.4, -0.2) is 25.4 Å². The lowest BCUT2D eigenvalue weighted by Crippen LogP contribution is -2.28. The molecule has 0 aliphatic heterocycles. The second-order valence-corrected chi connectivity index (χ2v) is 8.11. The fraction of sp³-hybridized carbons (Fsp3) is 0.294. The van der Waals surface area contributed by atoms with Gasteiger partial charge in [0.2, 0.25) is 10.0 Å². The molecule has 6 nitrogen and oxygen atoms in total. The highest BCUT2D eigenvalue weighted by Crippen LogP contribution is 2.27. The Balaban J connectivity index is 1.80. The Kier molecular flexibility index (Phi) is 5.08. The molecular weight excluding hydrogens is 362 g/mol. The number of benzene rings is 1. The lowest BCUT2D eigenvalue weighted by Gasteiger charge is -2.15. The summed E-state index contributed by atoms with van der Waals surface area (Å²) < 4.78 is 27.3. The monoisotopic (exact) mass is 379 g/mol. The molecule has 1 aliphatic rings. The first kappa shape index (κ1) is 17.8. The van der Waals surface area contributed by atoms with E-state index in [0.29, 0.717) is 0 Å². The summed E-state index contributed by atoms with van der Waals surface area (Å²) in [6.07, 6.45) is 4.93. The molecule has 3 rings (SSSR count). The van der Waals surface area contributed by atoms with E-state index >= 15 is 0 Å². The second kappa shape index (κ2) is 7.11. The molecule has 1 heterocycles. The molecule has 1 aromatic carbocycles. The van der Waals surface area contributed by atoms with Gasteiger partial charge in [0.25, 0.3) is 5.91 Å². The summed E-state index contributed by atoms with van der Waals surface area (Å²) in [7, 11) is -3.73. The van der Waals surface area contributed by atoms with Crippen molar-refractivity contribution in [2.75, 3.05) is 0 Å². The average Bonchev–Trinajstić information content (AvgIpc) is 3.39. The number of hydrogen-bond acceptors (Lipinski definition) is 4. The van der Waals surface area contributed by atoms with Crippen molar-refractivity contribution >= 4 is 27.5 Å². The quantitative estimate of drug-likeness (QED) is 0.807. The van der Waals surface area contributed by atoms with Crippen LogP contribution in [-0.2, 0) is 10.0 Å². The van der Waals surface area contributed by atoms with Crippen molar-refractivity contribution in [3.63, 3.8) is 0 Å². The predicted octanol–water partition coefficient (Wildman–Crippen LogP) is 2.67. The minimum atomic E-state index is -3.73. The highest BCUT2D eigenvalue weighted by molar-refractivity contribution is 7.89. The predicted molar refractivity (Wildman–Crippen MR) is 94.9 cm³/mol. The third-order valence-electron chi connectivity index (χ3n) is 3.94. The van der Waals surface area contributed by atoms with Crippen LogP contribution in [0.25, 0.3) is 0 Å². The zero-order valence-corrected chi connectivity index (χ0v) is 15.1. The van der Waals surface area contributed by atoms with Crippen LogP contribution < -0.4 is 10.0 Å². The minimum absolute atomic E-state index is 0.0368. The number of hydrogen-bond donors (Lipinski definition) is 2. The molecule has 1 atom stereocenters. The summed E-state index contributed by atoms with van der Waals surface area (Å²) in [6, 6.07) is 7.58. The molecule has 8 heteroatoms. The molecule has 1 fully saturated rings. The van der Waals surface area contributed by atoms with E-state index in [9.17, 15) is 13.2 Å². The maximum Gasteiger partial charge on any atom is 0.251 e. The standard InChI is InChI=1S/C17H18ClN3O3S/c1-11(12-6-8-19-9-7-12)20-17(22)13-2-5-15(18)16(10-13)25(23,24)21-14-3-4-14/h2,5-11,14,21H,3-4H2,1H3,(H,20,22). The largest absolute Gasteiger partial charge is 0.346 e. The molecule has 1 aliphatic carbocycles. The lowest BCUT2D eigenvalue weighted by molar-refractivity contribution is 0.0939. The van der Waals surface area contributed by atoms with E-state index in [1.54, 1.807) is 12.4 Å². The summed E-state index contributed by atoms with van der Waals surface area (Å²) >= 11 is 6.03. The van der Waals surface area contributed by atoms with Crippen molar-refractivity contribution in [2.45, 2.75) is 36.7 Å². The van der Waals surface area contributed by atoms with Gasteiger partial charge in [-0.3, -0.25) is 9.78 Å². The maximum atomic E-state index is 12.5. The number of rotatable bonds is 6. The number of aromatic nitrogens is 1. The Bertz CT molecular complexity index is 883. The fourth-order valence-corrected chi connectivity index (χ4v) is 4.18. The number of sulfonamides is 1. The Morgan fingerprint density at radius 3 is 2.56 bits per heavy atom.